The summed E-state index contributed by atoms with van der Waals surface area (Å²) in [5.41, 5.74) is 0.649. The molecule has 0 spiro atoms. The van der Waals surface area contributed by atoms with E-state index in [4.69, 9.17) is 4.74 Å². The fraction of sp³-hybridized carbons (Fsp3) is 1.00. The van der Waals surface area contributed by atoms with Crippen LogP contribution in [0.2, 0.25) is 0 Å². The Labute approximate surface area is 181 Å². The maximum atomic E-state index is 6.12. The first-order valence-electron chi connectivity index (χ1n) is 12.2. The van der Waals surface area contributed by atoms with Gasteiger partial charge in [-0.05, 0) is 106 Å². The molecule has 0 radical (unpaired) electrons. The van der Waals surface area contributed by atoms with E-state index < -0.39 is 0 Å². The van der Waals surface area contributed by atoms with Gasteiger partial charge in [0, 0.05) is 43.8 Å². The Bertz CT molecular complexity index is 511. The lowest BCUT2D eigenvalue weighted by atomic mass is 9.77. The second kappa shape index (κ2) is 8.76. The van der Waals surface area contributed by atoms with E-state index in [9.17, 15) is 0 Å². The molecule has 29 heavy (non-hydrogen) atoms. The SMILES string of the molecule is CC(C)(C)O[C@H]1C[C@H](CN2CCC(C(C)(C)N3CCN(C(C)(C)C)CC3)CC2)C1. The van der Waals surface area contributed by atoms with Crippen molar-refractivity contribution in [1.29, 1.82) is 0 Å². The second-order valence-corrected chi connectivity index (χ2v) is 12.6. The van der Waals surface area contributed by atoms with E-state index in [-0.39, 0.29) is 5.60 Å². The third kappa shape index (κ3) is 6.18. The molecular formula is C25H49N3O. The fourth-order valence-electron chi connectivity index (χ4n) is 5.82. The number of ether oxygens (including phenoxy) is 1. The van der Waals surface area contributed by atoms with Crippen LogP contribution in [-0.2, 0) is 4.74 Å². The van der Waals surface area contributed by atoms with Crippen molar-refractivity contribution in [3.8, 4) is 0 Å². The molecule has 1 aliphatic carbocycles. The minimum Gasteiger partial charge on any atom is -0.373 e. The van der Waals surface area contributed by atoms with Gasteiger partial charge in [0.25, 0.3) is 0 Å². The van der Waals surface area contributed by atoms with Gasteiger partial charge in [-0.2, -0.15) is 0 Å². The lowest BCUT2D eigenvalue weighted by Crippen LogP contribution is -2.61. The molecule has 2 saturated heterocycles. The maximum absolute atomic E-state index is 6.12. The largest absolute Gasteiger partial charge is 0.373 e. The minimum atomic E-state index is 0.0118. The molecule has 0 unspecified atom stereocenters. The molecule has 0 bridgehead atoms. The molecule has 4 nitrogen and oxygen atoms in total. The van der Waals surface area contributed by atoms with E-state index in [1.54, 1.807) is 0 Å². The molecule has 0 atom stereocenters. The lowest BCUT2D eigenvalue weighted by Gasteiger charge is -2.52. The Morgan fingerprint density at radius 2 is 1.24 bits per heavy atom. The maximum Gasteiger partial charge on any atom is 0.0602 e. The molecule has 2 aliphatic heterocycles. The molecule has 3 aliphatic rings. The first-order valence-corrected chi connectivity index (χ1v) is 12.2. The first kappa shape index (κ1) is 23.5. The molecule has 3 fully saturated rings. The van der Waals surface area contributed by atoms with E-state index in [1.807, 2.05) is 0 Å². The van der Waals surface area contributed by atoms with Crippen LogP contribution < -0.4 is 0 Å². The normalized spacial score (nSPS) is 29.8. The van der Waals surface area contributed by atoms with Crippen molar-refractivity contribution in [2.75, 3.05) is 45.8 Å². The number of rotatable bonds is 5. The average molecular weight is 408 g/mol. The van der Waals surface area contributed by atoms with Crippen LogP contribution in [0.3, 0.4) is 0 Å². The predicted molar refractivity (Wildman–Crippen MR) is 123 cm³/mol. The van der Waals surface area contributed by atoms with Crippen molar-refractivity contribution in [2.24, 2.45) is 11.8 Å². The summed E-state index contributed by atoms with van der Waals surface area (Å²) in [6.07, 6.45) is 5.76. The van der Waals surface area contributed by atoms with Gasteiger partial charge >= 0.3 is 0 Å². The number of hydrogen-bond donors (Lipinski definition) is 0. The summed E-state index contributed by atoms with van der Waals surface area (Å²) in [5, 5.41) is 0. The van der Waals surface area contributed by atoms with Gasteiger partial charge in [0.15, 0.2) is 0 Å². The van der Waals surface area contributed by atoms with Crippen molar-refractivity contribution in [1.82, 2.24) is 14.7 Å². The van der Waals surface area contributed by atoms with Crippen LogP contribution in [-0.4, -0.2) is 83.3 Å². The molecule has 0 amide bonds. The smallest absolute Gasteiger partial charge is 0.0602 e. The third-order valence-corrected chi connectivity index (χ3v) is 7.86. The van der Waals surface area contributed by atoms with Gasteiger partial charge in [-0.1, -0.05) is 0 Å². The van der Waals surface area contributed by atoms with Gasteiger partial charge in [-0.3, -0.25) is 9.80 Å². The van der Waals surface area contributed by atoms with E-state index >= 15 is 0 Å². The van der Waals surface area contributed by atoms with Gasteiger partial charge in [0.05, 0.1) is 11.7 Å². The number of likely N-dealkylation sites (tertiary alicyclic amines) is 1. The molecule has 0 N–H and O–H groups in total. The molecule has 3 rings (SSSR count). The molecule has 0 aromatic rings. The zero-order chi connectivity index (χ0) is 21.4. The van der Waals surface area contributed by atoms with E-state index in [0.717, 1.165) is 11.8 Å². The van der Waals surface area contributed by atoms with E-state index in [1.165, 1.54) is 71.5 Å². The monoisotopic (exact) mass is 407 g/mol. The van der Waals surface area contributed by atoms with Crippen LogP contribution in [0.1, 0.15) is 81.1 Å². The highest BCUT2D eigenvalue weighted by Crippen LogP contribution is 2.37. The van der Waals surface area contributed by atoms with E-state index in [0.29, 0.717) is 17.2 Å². The van der Waals surface area contributed by atoms with Gasteiger partial charge in [0.1, 0.15) is 0 Å². The summed E-state index contributed by atoms with van der Waals surface area (Å²) in [6.45, 7) is 27.4. The third-order valence-electron chi connectivity index (χ3n) is 7.86. The zero-order valence-corrected chi connectivity index (χ0v) is 20.8. The Kier molecular flexibility index (Phi) is 7.10. The molecule has 4 heteroatoms. The van der Waals surface area contributed by atoms with Crippen LogP contribution >= 0.6 is 0 Å². The number of piperidine rings is 1. The van der Waals surface area contributed by atoms with Crippen LogP contribution in [0.4, 0.5) is 0 Å². The van der Waals surface area contributed by atoms with Gasteiger partial charge < -0.3 is 9.64 Å². The summed E-state index contributed by atoms with van der Waals surface area (Å²) in [5.74, 6) is 1.69. The Balaban J connectivity index is 1.39. The second-order valence-electron chi connectivity index (χ2n) is 12.6. The quantitative estimate of drug-likeness (QED) is 0.668. The molecule has 170 valence electrons. The number of nitrogens with zero attached hydrogens (tertiary/aromatic N) is 3. The molecular weight excluding hydrogens is 358 g/mol. The number of hydrogen-bond acceptors (Lipinski definition) is 4. The zero-order valence-electron chi connectivity index (χ0n) is 20.8. The van der Waals surface area contributed by atoms with Gasteiger partial charge in [0.2, 0.25) is 0 Å². The molecule has 0 aromatic heterocycles. The van der Waals surface area contributed by atoms with Crippen LogP contribution in [0.25, 0.3) is 0 Å². The molecule has 2 heterocycles. The standard InChI is InChI=1S/C25H49N3O/c1-23(2,3)27-13-15-28(16-14-27)25(7,8)21-9-11-26(12-10-21)19-20-17-22(18-20)29-24(4,5)6/h20-22H,9-19H2,1-8H3/t20-,22-. The summed E-state index contributed by atoms with van der Waals surface area (Å²) in [4.78, 5) is 8.18. The van der Waals surface area contributed by atoms with Gasteiger partial charge in [-0.25, -0.2) is 0 Å². The first-order chi connectivity index (χ1) is 13.3. The highest BCUT2D eigenvalue weighted by molar-refractivity contribution is 4.95. The Morgan fingerprint density at radius 3 is 1.72 bits per heavy atom. The van der Waals surface area contributed by atoms with Crippen molar-refractivity contribution in [2.45, 2.75) is 104 Å². The summed E-state index contributed by atoms with van der Waals surface area (Å²) in [6, 6.07) is 0. The fourth-order valence-corrected chi connectivity index (χ4v) is 5.82. The average Bonchev–Trinajstić information content (AvgIpc) is 2.58. The van der Waals surface area contributed by atoms with Gasteiger partial charge in [-0.15, -0.1) is 0 Å². The minimum absolute atomic E-state index is 0.0118. The van der Waals surface area contributed by atoms with Crippen LogP contribution in [0.5, 0.6) is 0 Å². The summed E-state index contributed by atoms with van der Waals surface area (Å²) < 4.78 is 6.12. The van der Waals surface area contributed by atoms with Crippen LogP contribution in [0.15, 0.2) is 0 Å². The Morgan fingerprint density at radius 1 is 0.724 bits per heavy atom. The molecule has 1 saturated carbocycles. The topological polar surface area (TPSA) is 19.0 Å². The summed E-state index contributed by atoms with van der Waals surface area (Å²) in [7, 11) is 0. The lowest BCUT2D eigenvalue weighted by molar-refractivity contribution is -0.116. The van der Waals surface area contributed by atoms with Crippen molar-refractivity contribution in [3.63, 3.8) is 0 Å². The van der Waals surface area contributed by atoms with E-state index in [2.05, 4.69) is 70.1 Å². The highest BCUT2D eigenvalue weighted by Gasteiger charge is 2.40. The number of piperazine rings is 1. The van der Waals surface area contributed by atoms with Crippen LogP contribution in [0, 0.1) is 11.8 Å². The molecule has 0 aromatic carbocycles. The Hall–Kier alpha value is -0.160. The van der Waals surface area contributed by atoms with Crippen molar-refractivity contribution < 1.29 is 4.74 Å². The van der Waals surface area contributed by atoms with Crippen molar-refractivity contribution >= 4 is 0 Å². The predicted octanol–water partition coefficient (Wildman–Crippen LogP) is 4.49. The summed E-state index contributed by atoms with van der Waals surface area (Å²) >= 11 is 0. The highest BCUT2D eigenvalue weighted by atomic mass is 16.5. The van der Waals surface area contributed by atoms with Crippen molar-refractivity contribution in [3.05, 3.63) is 0 Å².